The topological polar surface area (TPSA) is 88.4 Å². The van der Waals surface area contributed by atoms with E-state index in [-0.39, 0.29) is 35.7 Å². The van der Waals surface area contributed by atoms with E-state index in [9.17, 15) is 13.2 Å². The Kier molecular flexibility index (Phi) is 7.90. The van der Waals surface area contributed by atoms with Crippen molar-refractivity contribution in [3.8, 4) is 11.4 Å². The Hall–Kier alpha value is -2.40. The van der Waals surface area contributed by atoms with Gasteiger partial charge in [-0.05, 0) is 44.0 Å². The van der Waals surface area contributed by atoms with E-state index in [1.807, 2.05) is 31.2 Å². The first-order valence-corrected chi connectivity index (χ1v) is 15.3. The molecule has 1 aliphatic carbocycles. The first-order chi connectivity index (χ1) is 17.8. The molecule has 1 saturated carbocycles. The van der Waals surface area contributed by atoms with Crippen molar-refractivity contribution in [3.05, 3.63) is 59.1 Å². The zero-order valence-electron chi connectivity index (χ0n) is 20.7. The van der Waals surface area contributed by atoms with E-state index < -0.39 is 10.0 Å². The van der Waals surface area contributed by atoms with Gasteiger partial charge in [0, 0.05) is 37.8 Å². The van der Waals surface area contributed by atoms with Crippen LogP contribution in [-0.2, 0) is 14.8 Å². The van der Waals surface area contributed by atoms with Crippen LogP contribution in [0, 0.1) is 6.92 Å². The molecule has 0 radical (unpaired) electrons. The minimum atomic E-state index is -3.57. The molecular weight excluding hydrogens is 530 g/mol. The summed E-state index contributed by atoms with van der Waals surface area (Å²) in [5, 5.41) is 10.2. The van der Waals surface area contributed by atoms with E-state index in [1.54, 1.807) is 29.2 Å². The summed E-state index contributed by atoms with van der Waals surface area (Å²) < 4.78 is 29.6. The number of aromatic nitrogens is 3. The smallest absolute Gasteiger partial charge is 0.243 e. The number of nitrogens with zero attached hydrogens (tertiary/aromatic N) is 5. The molecule has 5 rings (SSSR count). The molecule has 0 spiro atoms. The summed E-state index contributed by atoms with van der Waals surface area (Å²) in [4.78, 5) is 15.1. The molecule has 0 atom stereocenters. The van der Waals surface area contributed by atoms with Crippen LogP contribution in [0.2, 0.25) is 5.02 Å². The van der Waals surface area contributed by atoms with E-state index in [2.05, 4.69) is 14.8 Å². The van der Waals surface area contributed by atoms with Crippen LogP contribution in [0.4, 0.5) is 0 Å². The monoisotopic (exact) mass is 559 g/mol. The minimum absolute atomic E-state index is 0.0300. The molecule has 1 aromatic heterocycles. The van der Waals surface area contributed by atoms with Crippen LogP contribution >= 0.6 is 23.4 Å². The van der Waals surface area contributed by atoms with Crippen LogP contribution < -0.4 is 0 Å². The molecule has 3 aromatic rings. The lowest BCUT2D eigenvalue weighted by Gasteiger charge is -2.34. The SMILES string of the molecule is Cc1ccc(S(=O)(=O)N2CCN(C(=O)CSc3nnc(-c4ccccc4Cl)n3C3CCCC3)CC2)cc1. The zero-order chi connectivity index (χ0) is 26.0. The van der Waals surface area contributed by atoms with E-state index in [1.165, 1.54) is 16.1 Å². The van der Waals surface area contributed by atoms with Crippen molar-refractivity contribution in [1.82, 2.24) is 24.0 Å². The van der Waals surface area contributed by atoms with E-state index in [0.29, 0.717) is 18.1 Å². The number of thioether (sulfide) groups is 1. The molecule has 0 bridgehead atoms. The van der Waals surface area contributed by atoms with Gasteiger partial charge in [0.15, 0.2) is 11.0 Å². The minimum Gasteiger partial charge on any atom is -0.339 e. The number of amides is 1. The van der Waals surface area contributed by atoms with Crippen molar-refractivity contribution >= 4 is 39.3 Å². The highest BCUT2D eigenvalue weighted by Gasteiger charge is 2.31. The molecule has 8 nitrogen and oxygen atoms in total. The van der Waals surface area contributed by atoms with Crippen LogP contribution in [0.3, 0.4) is 0 Å². The summed E-state index contributed by atoms with van der Waals surface area (Å²) in [6.45, 7) is 3.21. The van der Waals surface area contributed by atoms with Gasteiger partial charge >= 0.3 is 0 Å². The maximum atomic E-state index is 13.1. The average Bonchev–Trinajstić information content (AvgIpc) is 3.58. The van der Waals surface area contributed by atoms with Crippen molar-refractivity contribution in [3.63, 3.8) is 0 Å². The lowest BCUT2D eigenvalue weighted by molar-refractivity contribution is -0.129. The normalized spacial score (nSPS) is 17.4. The van der Waals surface area contributed by atoms with Crippen molar-refractivity contribution in [1.29, 1.82) is 0 Å². The highest BCUT2D eigenvalue weighted by Crippen LogP contribution is 2.38. The largest absolute Gasteiger partial charge is 0.339 e. The van der Waals surface area contributed by atoms with Gasteiger partial charge in [0.25, 0.3) is 0 Å². The summed E-state index contributed by atoms with van der Waals surface area (Å²) in [5.41, 5.74) is 1.85. The third kappa shape index (κ3) is 5.57. The number of carbonyl (C=O) groups excluding carboxylic acids is 1. The quantitative estimate of drug-likeness (QED) is 0.392. The van der Waals surface area contributed by atoms with Crippen molar-refractivity contribution in [2.24, 2.45) is 0 Å². The molecule has 2 fully saturated rings. The fourth-order valence-electron chi connectivity index (χ4n) is 4.95. The van der Waals surface area contributed by atoms with Crippen LogP contribution in [0.25, 0.3) is 11.4 Å². The molecule has 196 valence electrons. The molecule has 0 unspecified atom stereocenters. The second kappa shape index (κ2) is 11.1. The van der Waals surface area contributed by atoms with Crippen molar-refractivity contribution in [2.45, 2.75) is 48.7 Å². The summed E-state index contributed by atoms with van der Waals surface area (Å²) >= 11 is 7.85. The van der Waals surface area contributed by atoms with Gasteiger partial charge in [0.05, 0.1) is 15.7 Å². The van der Waals surface area contributed by atoms with Crippen LogP contribution in [-0.4, -0.2) is 70.2 Å². The summed E-state index contributed by atoms with van der Waals surface area (Å²) in [5.74, 6) is 0.929. The number of hydrogen-bond donors (Lipinski definition) is 0. The van der Waals surface area contributed by atoms with Gasteiger partial charge in [-0.15, -0.1) is 10.2 Å². The molecule has 1 saturated heterocycles. The van der Waals surface area contributed by atoms with Gasteiger partial charge in [-0.1, -0.05) is 66.0 Å². The molecule has 2 aromatic carbocycles. The van der Waals surface area contributed by atoms with Crippen LogP contribution in [0.15, 0.2) is 58.6 Å². The first kappa shape index (κ1) is 26.2. The number of benzene rings is 2. The standard InChI is InChI=1S/C26H30ClN5O3S2/c1-19-10-12-21(13-11-19)37(34,35)31-16-14-30(15-17-31)24(33)18-36-26-29-28-25(22-8-4-5-9-23(22)27)32(26)20-6-2-3-7-20/h4-5,8-13,20H,2-3,6-7,14-18H2,1H3. The van der Waals surface area contributed by atoms with E-state index in [4.69, 9.17) is 11.6 Å². The van der Waals surface area contributed by atoms with Crippen molar-refractivity contribution in [2.75, 3.05) is 31.9 Å². The van der Waals surface area contributed by atoms with E-state index in [0.717, 1.165) is 47.8 Å². The third-order valence-corrected chi connectivity index (χ3v) is 10.2. The van der Waals surface area contributed by atoms with Crippen LogP contribution in [0.5, 0.6) is 0 Å². The van der Waals surface area contributed by atoms with Gasteiger partial charge in [-0.3, -0.25) is 9.36 Å². The van der Waals surface area contributed by atoms with Gasteiger partial charge in [-0.25, -0.2) is 8.42 Å². The van der Waals surface area contributed by atoms with Gasteiger partial charge in [-0.2, -0.15) is 4.31 Å². The highest BCUT2D eigenvalue weighted by atomic mass is 35.5. The van der Waals surface area contributed by atoms with Gasteiger partial charge in [0.2, 0.25) is 15.9 Å². The molecule has 11 heteroatoms. The predicted molar refractivity (Wildman–Crippen MR) is 145 cm³/mol. The maximum absolute atomic E-state index is 13.1. The van der Waals surface area contributed by atoms with Gasteiger partial charge in [0.1, 0.15) is 0 Å². The van der Waals surface area contributed by atoms with Crippen LogP contribution in [0.1, 0.15) is 37.3 Å². The Morgan fingerprint density at radius 2 is 1.68 bits per heavy atom. The number of carbonyl (C=O) groups is 1. The lowest BCUT2D eigenvalue weighted by atomic mass is 10.2. The molecule has 2 aliphatic rings. The first-order valence-electron chi connectivity index (χ1n) is 12.5. The van der Waals surface area contributed by atoms with E-state index >= 15 is 0 Å². The Labute approximate surface area is 227 Å². The average molecular weight is 560 g/mol. The molecule has 1 aliphatic heterocycles. The Balaban J connectivity index is 1.24. The number of sulfonamides is 1. The second-order valence-corrected chi connectivity index (χ2v) is 12.8. The Morgan fingerprint density at radius 3 is 2.35 bits per heavy atom. The Bertz CT molecular complexity index is 1360. The molecule has 0 N–H and O–H groups in total. The Morgan fingerprint density at radius 1 is 1.00 bits per heavy atom. The fraction of sp³-hybridized carbons (Fsp3) is 0.423. The lowest BCUT2D eigenvalue weighted by Crippen LogP contribution is -2.50. The highest BCUT2D eigenvalue weighted by molar-refractivity contribution is 7.99. The zero-order valence-corrected chi connectivity index (χ0v) is 23.1. The summed E-state index contributed by atoms with van der Waals surface area (Å²) in [7, 11) is -3.57. The molecule has 37 heavy (non-hydrogen) atoms. The number of piperazine rings is 1. The molecule has 2 heterocycles. The number of halogens is 1. The third-order valence-electron chi connectivity index (χ3n) is 7.04. The molecule has 1 amide bonds. The predicted octanol–water partition coefficient (Wildman–Crippen LogP) is 4.65. The number of aryl methyl sites for hydroxylation is 1. The summed E-state index contributed by atoms with van der Waals surface area (Å²) in [6.07, 6.45) is 4.41. The van der Waals surface area contributed by atoms with Gasteiger partial charge < -0.3 is 4.90 Å². The molecular formula is C26H30ClN5O3S2. The fourth-order valence-corrected chi connectivity index (χ4v) is 7.50. The second-order valence-electron chi connectivity index (χ2n) is 9.48. The van der Waals surface area contributed by atoms with Crippen molar-refractivity contribution < 1.29 is 13.2 Å². The number of rotatable bonds is 7. The maximum Gasteiger partial charge on any atom is 0.243 e. The number of hydrogen-bond acceptors (Lipinski definition) is 6. The summed E-state index contributed by atoms with van der Waals surface area (Å²) in [6, 6.07) is 14.8.